The van der Waals surface area contributed by atoms with Gasteiger partial charge in [-0.15, -0.1) is 0 Å². The average molecular weight is 411 g/mol. The highest BCUT2D eigenvalue weighted by Crippen LogP contribution is 2.36. The monoisotopic (exact) mass is 410 g/mol. The quantitative estimate of drug-likeness (QED) is 0.423. The van der Waals surface area contributed by atoms with Crippen LogP contribution in [0.1, 0.15) is 40.5 Å². The molecule has 1 saturated carbocycles. The summed E-state index contributed by atoms with van der Waals surface area (Å²) in [4.78, 5) is 21.9. The van der Waals surface area contributed by atoms with E-state index in [1.165, 1.54) is 0 Å². The minimum atomic E-state index is 0.0748. The second kappa shape index (κ2) is 8.94. The maximum atomic E-state index is 13.4. The zero-order valence-corrected chi connectivity index (χ0v) is 18.9. The largest absolute Gasteiger partial charge is 0.497 e. The summed E-state index contributed by atoms with van der Waals surface area (Å²) in [5.41, 5.74) is 3.85. The Kier molecular flexibility index (Phi) is 6.54. The molecule has 0 bridgehead atoms. The molecule has 1 aromatic carbocycles. The Balaban J connectivity index is 1.71. The minimum absolute atomic E-state index is 0.0748. The molecule has 6 heteroatoms. The van der Waals surface area contributed by atoms with Crippen LogP contribution in [0.4, 0.5) is 5.69 Å². The Morgan fingerprint density at radius 2 is 1.70 bits per heavy atom. The van der Waals surface area contributed by atoms with Gasteiger partial charge in [-0.25, -0.2) is 4.99 Å². The van der Waals surface area contributed by atoms with E-state index in [1.807, 2.05) is 37.8 Å². The summed E-state index contributed by atoms with van der Waals surface area (Å²) in [7, 11) is 1.67. The van der Waals surface area contributed by atoms with Gasteiger partial charge < -0.3 is 19.9 Å². The topological polar surface area (TPSA) is 57.2 Å². The van der Waals surface area contributed by atoms with Gasteiger partial charge in [0.1, 0.15) is 11.6 Å². The van der Waals surface area contributed by atoms with Gasteiger partial charge in [0.2, 0.25) is 0 Å². The maximum Gasteiger partial charge on any atom is 0.254 e. The fraction of sp³-hybridized carbons (Fsp3) is 0.500. The van der Waals surface area contributed by atoms with Gasteiger partial charge in [-0.2, -0.15) is 0 Å². The smallest absolute Gasteiger partial charge is 0.254 e. The summed E-state index contributed by atoms with van der Waals surface area (Å²) < 4.78 is 5.24. The van der Waals surface area contributed by atoms with Gasteiger partial charge in [0.15, 0.2) is 0 Å². The van der Waals surface area contributed by atoms with Crippen LogP contribution in [-0.4, -0.2) is 56.4 Å². The first-order valence-corrected chi connectivity index (χ1v) is 10.6. The van der Waals surface area contributed by atoms with Gasteiger partial charge in [-0.1, -0.05) is 5.57 Å². The average Bonchev–Trinajstić information content (AvgIpc) is 3.49. The molecule has 0 radical (unpaired) electrons. The summed E-state index contributed by atoms with van der Waals surface area (Å²) in [6.45, 7) is 14.8. The van der Waals surface area contributed by atoms with Crippen molar-refractivity contribution in [2.45, 2.75) is 46.1 Å². The summed E-state index contributed by atoms with van der Waals surface area (Å²) in [5, 5.41) is 3.47. The number of hydrogen-bond donors (Lipinski definition) is 1. The van der Waals surface area contributed by atoms with Crippen LogP contribution in [0, 0.1) is 0 Å². The van der Waals surface area contributed by atoms with Gasteiger partial charge in [0.25, 0.3) is 5.91 Å². The first-order chi connectivity index (χ1) is 14.3. The Labute approximate surface area is 180 Å². The predicted octanol–water partition coefficient (Wildman–Crippen LogP) is 3.75. The fourth-order valence-electron chi connectivity index (χ4n) is 3.84. The van der Waals surface area contributed by atoms with Crippen LogP contribution < -0.4 is 15.0 Å². The number of ether oxygens (including phenoxy) is 1. The van der Waals surface area contributed by atoms with E-state index in [4.69, 9.17) is 4.74 Å². The molecule has 1 aliphatic carbocycles. The van der Waals surface area contributed by atoms with E-state index >= 15 is 0 Å². The van der Waals surface area contributed by atoms with Gasteiger partial charge in [0.05, 0.1) is 7.11 Å². The van der Waals surface area contributed by atoms with Crippen LogP contribution in [0.2, 0.25) is 0 Å². The molecule has 1 aromatic rings. The van der Waals surface area contributed by atoms with Crippen molar-refractivity contribution in [2.24, 2.45) is 4.99 Å². The number of nitrogens with one attached hydrogen (secondary N) is 1. The highest BCUT2D eigenvalue weighted by Gasteiger charge is 2.38. The van der Waals surface area contributed by atoms with Gasteiger partial charge in [0, 0.05) is 48.6 Å². The molecule has 0 aromatic heterocycles. The third-order valence-corrected chi connectivity index (χ3v) is 6.03. The number of nitrogens with zero attached hydrogens (tertiary/aromatic N) is 3. The van der Waals surface area contributed by atoms with Crippen molar-refractivity contribution in [2.75, 3.05) is 38.2 Å². The van der Waals surface area contributed by atoms with Gasteiger partial charge >= 0.3 is 0 Å². The molecular weight excluding hydrogens is 376 g/mol. The molecular formula is C24H34N4O2. The zero-order chi connectivity index (χ0) is 21.9. The number of anilines is 1. The van der Waals surface area contributed by atoms with Crippen molar-refractivity contribution in [3.05, 3.63) is 46.8 Å². The lowest BCUT2D eigenvalue weighted by molar-refractivity contribution is -0.127. The molecule has 2 fully saturated rings. The van der Waals surface area contributed by atoms with E-state index in [-0.39, 0.29) is 11.4 Å². The van der Waals surface area contributed by atoms with Crippen LogP contribution in [0.25, 0.3) is 0 Å². The standard InChI is InChI=1S/C24H34N4O2/c1-17(2)21(18(3)22(25-5)26-24(4)11-12-24)23(29)28-15-13-27(14-16-28)19-7-9-20(30-6)10-8-19/h7-10,26H,5,11-16H2,1-4,6H3/b22-18-. The van der Waals surface area contributed by atoms with Crippen LogP contribution in [-0.2, 0) is 4.79 Å². The molecule has 3 rings (SSSR count). The lowest BCUT2D eigenvalue weighted by Crippen LogP contribution is -2.49. The van der Waals surface area contributed by atoms with E-state index < -0.39 is 0 Å². The molecule has 6 nitrogen and oxygen atoms in total. The van der Waals surface area contributed by atoms with E-state index in [9.17, 15) is 4.79 Å². The Morgan fingerprint density at radius 1 is 1.10 bits per heavy atom. The first kappa shape index (κ1) is 21.9. The lowest BCUT2D eigenvalue weighted by Gasteiger charge is -2.37. The van der Waals surface area contributed by atoms with E-state index in [1.54, 1.807) is 7.11 Å². The first-order valence-electron chi connectivity index (χ1n) is 10.6. The second-order valence-corrected chi connectivity index (χ2v) is 8.67. The maximum absolute atomic E-state index is 13.4. The molecule has 0 unspecified atom stereocenters. The summed E-state index contributed by atoms with van der Waals surface area (Å²) >= 11 is 0. The third kappa shape index (κ3) is 4.86. The molecule has 1 saturated heterocycles. The molecule has 30 heavy (non-hydrogen) atoms. The van der Waals surface area contributed by atoms with Crippen LogP contribution in [0.3, 0.4) is 0 Å². The highest BCUT2D eigenvalue weighted by molar-refractivity contribution is 5.98. The summed E-state index contributed by atoms with van der Waals surface area (Å²) in [5.74, 6) is 1.64. The Morgan fingerprint density at radius 3 is 2.17 bits per heavy atom. The summed E-state index contributed by atoms with van der Waals surface area (Å²) in [6.07, 6.45) is 2.23. The molecule has 0 atom stereocenters. The van der Waals surface area contributed by atoms with E-state index in [2.05, 4.69) is 41.0 Å². The van der Waals surface area contributed by atoms with Crippen LogP contribution >= 0.6 is 0 Å². The van der Waals surface area contributed by atoms with Crippen molar-refractivity contribution in [3.63, 3.8) is 0 Å². The number of methoxy groups -OCH3 is 1. The van der Waals surface area contributed by atoms with Crippen molar-refractivity contribution >= 4 is 18.3 Å². The van der Waals surface area contributed by atoms with Crippen molar-refractivity contribution < 1.29 is 9.53 Å². The van der Waals surface area contributed by atoms with Crippen LogP contribution in [0.5, 0.6) is 5.75 Å². The number of piperazine rings is 1. The second-order valence-electron chi connectivity index (χ2n) is 8.67. The molecule has 1 heterocycles. The van der Waals surface area contributed by atoms with Gasteiger partial charge in [-0.3, -0.25) is 4.79 Å². The number of hydrogen-bond acceptors (Lipinski definition) is 5. The number of benzene rings is 1. The Hall–Kier alpha value is -2.76. The van der Waals surface area contributed by atoms with Crippen molar-refractivity contribution in [3.8, 4) is 5.75 Å². The number of aliphatic imine (C=N–C) groups is 1. The number of carbonyl (C=O) groups is 1. The van der Waals surface area contributed by atoms with Crippen molar-refractivity contribution in [1.82, 2.24) is 10.2 Å². The number of amides is 1. The third-order valence-electron chi connectivity index (χ3n) is 6.03. The molecule has 162 valence electrons. The molecule has 0 spiro atoms. The fourth-order valence-corrected chi connectivity index (χ4v) is 3.84. The van der Waals surface area contributed by atoms with E-state index in [0.29, 0.717) is 13.1 Å². The molecule has 2 aliphatic rings. The van der Waals surface area contributed by atoms with E-state index in [0.717, 1.165) is 59.9 Å². The molecule has 1 aliphatic heterocycles. The molecule has 1 amide bonds. The SMILES string of the molecule is C=N/C(NC1(C)CC1)=C(\C)C(C(=O)N1CCN(c2ccc(OC)cc2)CC1)=C(C)C. The summed E-state index contributed by atoms with van der Waals surface area (Å²) in [6, 6.07) is 8.08. The Bertz CT molecular complexity index is 854. The predicted molar refractivity (Wildman–Crippen MR) is 123 cm³/mol. The van der Waals surface area contributed by atoms with Crippen molar-refractivity contribution in [1.29, 1.82) is 0 Å². The highest BCUT2D eigenvalue weighted by atomic mass is 16.5. The van der Waals surface area contributed by atoms with Crippen LogP contribution in [0.15, 0.2) is 51.8 Å². The number of allylic oxidation sites excluding steroid dienone is 1. The van der Waals surface area contributed by atoms with Gasteiger partial charge in [-0.05, 0) is 71.5 Å². The number of carbonyl (C=O) groups excluding carboxylic acids is 1. The normalized spacial score (nSPS) is 18.3. The molecule has 1 N–H and O–H groups in total. The number of rotatable bonds is 7. The zero-order valence-electron chi connectivity index (χ0n) is 18.9. The minimum Gasteiger partial charge on any atom is -0.497 e. The lowest BCUT2D eigenvalue weighted by atomic mass is 10.00.